The lowest BCUT2D eigenvalue weighted by molar-refractivity contribution is 0.0911. The second kappa shape index (κ2) is 7.22. The molecular formula is C17H23N3O2. The Bertz CT molecular complexity index is 634. The molecule has 0 spiro atoms. The maximum atomic E-state index is 12.1. The molecule has 3 N–H and O–H groups in total. The highest BCUT2D eigenvalue weighted by Crippen LogP contribution is 2.16. The summed E-state index contributed by atoms with van der Waals surface area (Å²) in [5.74, 6) is 0.220. The summed E-state index contributed by atoms with van der Waals surface area (Å²) in [4.78, 5) is 12.1. The maximum absolute atomic E-state index is 12.1. The molecule has 1 amide bonds. The normalized spacial score (nSPS) is 12.4. The van der Waals surface area contributed by atoms with Crippen LogP contribution in [-0.2, 0) is 6.42 Å². The second-order valence-corrected chi connectivity index (χ2v) is 5.96. The predicted octanol–water partition coefficient (Wildman–Crippen LogP) is 2.38. The fourth-order valence-corrected chi connectivity index (χ4v) is 2.37. The van der Waals surface area contributed by atoms with Crippen LogP contribution in [0, 0.1) is 12.8 Å². The van der Waals surface area contributed by atoms with Crippen LogP contribution in [0.4, 0.5) is 0 Å². The number of aliphatic hydroxyl groups excluding tert-OH is 1. The number of nitrogens with zero attached hydrogens (tertiary/aromatic N) is 1. The molecule has 2 aromatic rings. The van der Waals surface area contributed by atoms with Crippen LogP contribution in [0.2, 0.25) is 0 Å². The summed E-state index contributed by atoms with van der Waals surface area (Å²) in [5.41, 5.74) is 3.13. The zero-order valence-electron chi connectivity index (χ0n) is 13.3. The third-order valence-electron chi connectivity index (χ3n) is 3.50. The van der Waals surface area contributed by atoms with Gasteiger partial charge in [-0.3, -0.25) is 9.89 Å². The van der Waals surface area contributed by atoms with Crippen LogP contribution >= 0.6 is 0 Å². The standard InChI is InChI=1S/C17H23N3O2/c1-11(2)8-13-9-15(20-19-13)17(22)18-10-16(21)14-7-5-4-6-12(14)3/h4-7,9,11,16,21H,8,10H2,1-3H3,(H,18,22)(H,19,20). The largest absolute Gasteiger partial charge is 0.387 e. The molecule has 0 saturated carbocycles. The Balaban J connectivity index is 1.92. The monoisotopic (exact) mass is 301 g/mol. The molecule has 5 heteroatoms. The Morgan fingerprint density at radius 1 is 1.36 bits per heavy atom. The molecule has 118 valence electrons. The molecule has 22 heavy (non-hydrogen) atoms. The van der Waals surface area contributed by atoms with Crippen LogP contribution < -0.4 is 5.32 Å². The highest BCUT2D eigenvalue weighted by atomic mass is 16.3. The summed E-state index contributed by atoms with van der Waals surface area (Å²) in [6, 6.07) is 9.35. The molecular weight excluding hydrogens is 278 g/mol. The van der Waals surface area contributed by atoms with E-state index in [0.717, 1.165) is 23.2 Å². The molecule has 1 unspecified atom stereocenters. The van der Waals surface area contributed by atoms with Crippen LogP contribution in [0.15, 0.2) is 30.3 Å². The molecule has 0 aliphatic rings. The SMILES string of the molecule is Cc1ccccc1C(O)CNC(=O)c1cc(CC(C)C)[nH]n1. The summed E-state index contributed by atoms with van der Waals surface area (Å²) in [6.45, 7) is 6.32. The van der Waals surface area contributed by atoms with Gasteiger partial charge in [0.15, 0.2) is 0 Å². The lowest BCUT2D eigenvalue weighted by Crippen LogP contribution is -2.28. The van der Waals surface area contributed by atoms with Gasteiger partial charge in [-0.05, 0) is 36.5 Å². The number of nitrogens with one attached hydrogen (secondary N) is 2. The van der Waals surface area contributed by atoms with E-state index in [4.69, 9.17) is 0 Å². The minimum absolute atomic E-state index is 0.163. The Morgan fingerprint density at radius 3 is 2.77 bits per heavy atom. The Labute approximate surface area is 130 Å². The first-order chi connectivity index (χ1) is 10.5. The van der Waals surface area contributed by atoms with Crippen LogP contribution in [-0.4, -0.2) is 27.8 Å². The van der Waals surface area contributed by atoms with Crippen molar-refractivity contribution >= 4 is 5.91 Å². The molecule has 0 aliphatic carbocycles. The Hall–Kier alpha value is -2.14. The van der Waals surface area contributed by atoms with E-state index in [1.807, 2.05) is 31.2 Å². The first-order valence-corrected chi connectivity index (χ1v) is 7.53. The highest BCUT2D eigenvalue weighted by Gasteiger charge is 2.14. The Kier molecular flexibility index (Phi) is 5.33. The number of aryl methyl sites for hydroxylation is 1. The molecule has 1 aromatic carbocycles. The van der Waals surface area contributed by atoms with E-state index in [1.165, 1.54) is 0 Å². The lowest BCUT2D eigenvalue weighted by atomic mass is 10.0. The van der Waals surface area contributed by atoms with Crippen molar-refractivity contribution in [3.63, 3.8) is 0 Å². The van der Waals surface area contributed by atoms with E-state index in [0.29, 0.717) is 11.6 Å². The van der Waals surface area contributed by atoms with Gasteiger partial charge in [-0.15, -0.1) is 0 Å². The minimum atomic E-state index is -0.723. The first-order valence-electron chi connectivity index (χ1n) is 7.53. The van der Waals surface area contributed by atoms with Crippen molar-refractivity contribution in [2.75, 3.05) is 6.54 Å². The van der Waals surface area contributed by atoms with Gasteiger partial charge in [-0.2, -0.15) is 5.10 Å². The quantitative estimate of drug-likeness (QED) is 0.766. The Morgan fingerprint density at radius 2 is 2.09 bits per heavy atom. The number of carbonyl (C=O) groups excluding carboxylic acids is 1. The van der Waals surface area contributed by atoms with Gasteiger partial charge >= 0.3 is 0 Å². The number of benzene rings is 1. The third kappa shape index (κ3) is 4.18. The minimum Gasteiger partial charge on any atom is -0.387 e. The first kappa shape index (κ1) is 16.2. The van der Waals surface area contributed by atoms with Crippen molar-refractivity contribution in [1.82, 2.24) is 15.5 Å². The fourth-order valence-electron chi connectivity index (χ4n) is 2.37. The molecule has 0 aliphatic heterocycles. The van der Waals surface area contributed by atoms with E-state index >= 15 is 0 Å². The van der Waals surface area contributed by atoms with Crippen molar-refractivity contribution in [3.8, 4) is 0 Å². The van der Waals surface area contributed by atoms with Gasteiger partial charge < -0.3 is 10.4 Å². The lowest BCUT2D eigenvalue weighted by Gasteiger charge is -2.13. The molecule has 0 radical (unpaired) electrons. The summed E-state index contributed by atoms with van der Waals surface area (Å²) < 4.78 is 0. The number of aliphatic hydroxyl groups is 1. The number of rotatable bonds is 6. The molecule has 1 atom stereocenters. The second-order valence-electron chi connectivity index (χ2n) is 5.96. The van der Waals surface area contributed by atoms with Gasteiger partial charge in [-0.25, -0.2) is 0 Å². The summed E-state index contributed by atoms with van der Waals surface area (Å²) in [6.07, 6.45) is 0.130. The molecule has 0 fully saturated rings. The van der Waals surface area contributed by atoms with Crippen molar-refractivity contribution in [2.45, 2.75) is 33.3 Å². The molecule has 0 bridgehead atoms. The van der Waals surface area contributed by atoms with Gasteiger partial charge in [0.05, 0.1) is 6.10 Å². The number of H-pyrrole nitrogens is 1. The van der Waals surface area contributed by atoms with Crippen molar-refractivity contribution in [3.05, 3.63) is 52.8 Å². The van der Waals surface area contributed by atoms with Gasteiger partial charge in [0.2, 0.25) is 0 Å². The predicted molar refractivity (Wildman–Crippen MR) is 85.6 cm³/mol. The zero-order chi connectivity index (χ0) is 16.1. The van der Waals surface area contributed by atoms with Crippen LogP contribution in [0.3, 0.4) is 0 Å². The van der Waals surface area contributed by atoms with Crippen LogP contribution in [0.25, 0.3) is 0 Å². The summed E-state index contributed by atoms with van der Waals surface area (Å²) in [7, 11) is 0. The molecule has 0 saturated heterocycles. The highest BCUT2D eigenvalue weighted by molar-refractivity contribution is 5.92. The smallest absolute Gasteiger partial charge is 0.271 e. The third-order valence-corrected chi connectivity index (χ3v) is 3.50. The number of amides is 1. The molecule has 1 heterocycles. The number of carbonyl (C=O) groups is 1. The van der Waals surface area contributed by atoms with Crippen LogP contribution in [0.1, 0.15) is 47.3 Å². The number of hydrogen-bond donors (Lipinski definition) is 3. The van der Waals surface area contributed by atoms with E-state index in [2.05, 4.69) is 29.4 Å². The van der Waals surface area contributed by atoms with Crippen LogP contribution in [0.5, 0.6) is 0 Å². The topological polar surface area (TPSA) is 78.0 Å². The fraction of sp³-hybridized carbons (Fsp3) is 0.412. The van der Waals surface area contributed by atoms with Gasteiger partial charge in [0.1, 0.15) is 5.69 Å². The van der Waals surface area contributed by atoms with Gasteiger partial charge in [0.25, 0.3) is 5.91 Å². The summed E-state index contributed by atoms with van der Waals surface area (Å²) >= 11 is 0. The average Bonchev–Trinajstić information content (AvgIpc) is 2.92. The molecule has 1 aromatic heterocycles. The van der Waals surface area contributed by atoms with Crippen molar-refractivity contribution < 1.29 is 9.90 Å². The molecule has 5 nitrogen and oxygen atoms in total. The average molecular weight is 301 g/mol. The number of hydrogen-bond acceptors (Lipinski definition) is 3. The maximum Gasteiger partial charge on any atom is 0.271 e. The van der Waals surface area contributed by atoms with Crippen molar-refractivity contribution in [1.29, 1.82) is 0 Å². The van der Waals surface area contributed by atoms with Gasteiger partial charge in [-0.1, -0.05) is 38.1 Å². The van der Waals surface area contributed by atoms with E-state index in [9.17, 15) is 9.90 Å². The van der Waals surface area contributed by atoms with E-state index < -0.39 is 6.10 Å². The number of aromatic nitrogens is 2. The van der Waals surface area contributed by atoms with Gasteiger partial charge in [0, 0.05) is 12.2 Å². The summed E-state index contributed by atoms with van der Waals surface area (Å²) in [5, 5.41) is 19.8. The van der Waals surface area contributed by atoms with E-state index in [-0.39, 0.29) is 12.5 Å². The van der Waals surface area contributed by atoms with E-state index in [1.54, 1.807) is 6.07 Å². The van der Waals surface area contributed by atoms with Crippen molar-refractivity contribution in [2.24, 2.45) is 5.92 Å². The zero-order valence-corrected chi connectivity index (χ0v) is 13.3. The number of aromatic amines is 1. The molecule has 2 rings (SSSR count).